The highest BCUT2D eigenvalue weighted by Crippen LogP contribution is 2.28. The van der Waals surface area contributed by atoms with E-state index >= 15 is 0 Å². The first-order valence-corrected chi connectivity index (χ1v) is 11.9. The van der Waals surface area contributed by atoms with Crippen LogP contribution in [0.4, 0.5) is 17.1 Å². The number of anilines is 3. The topological polar surface area (TPSA) is 170 Å². The SMILES string of the molecule is Nc1ccc(-c2ccc(S(N)(=O)=O)cc2)nc1C(=O)Nc1cnccc1N1CCCC(N)C1. The maximum Gasteiger partial charge on any atom is 0.276 e. The Hall–Kier alpha value is -3.54. The summed E-state index contributed by atoms with van der Waals surface area (Å²) < 4.78 is 23.0. The second kappa shape index (κ2) is 9.14. The van der Waals surface area contributed by atoms with Crippen LogP contribution in [0, 0.1) is 0 Å². The molecule has 3 aromatic rings. The largest absolute Gasteiger partial charge is 0.397 e. The number of hydrogen-bond acceptors (Lipinski definition) is 8. The Kier molecular flexibility index (Phi) is 6.27. The van der Waals surface area contributed by atoms with Crippen molar-refractivity contribution in [1.29, 1.82) is 0 Å². The third-order valence-electron chi connectivity index (χ3n) is 5.46. The molecule has 1 aliphatic heterocycles. The zero-order valence-corrected chi connectivity index (χ0v) is 18.6. The second-order valence-electron chi connectivity index (χ2n) is 7.90. The van der Waals surface area contributed by atoms with Crippen molar-refractivity contribution in [2.24, 2.45) is 10.9 Å². The first kappa shape index (κ1) is 22.6. The van der Waals surface area contributed by atoms with Crippen molar-refractivity contribution < 1.29 is 13.2 Å². The average molecular weight is 468 g/mol. The number of hydrogen-bond donors (Lipinski definition) is 4. The van der Waals surface area contributed by atoms with Crippen LogP contribution in [0.25, 0.3) is 11.3 Å². The highest BCUT2D eigenvalue weighted by molar-refractivity contribution is 7.89. The number of amides is 1. The molecule has 0 saturated carbocycles. The van der Waals surface area contributed by atoms with E-state index in [1.165, 1.54) is 12.1 Å². The number of pyridine rings is 2. The summed E-state index contributed by atoms with van der Waals surface area (Å²) in [5, 5.41) is 8.01. The minimum absolute atomic E-state index is 0.0128. The maximum atomic E-state index is 13.1. The predicted octanol–water partition coefficient (Wildman–Crippen LogP) is 1.55. The van der Waals surface area contributed by atoms with Gasteiger partial charge < -0.3 is 21.7 Å². The number of nitrogens with two attached hydrogens (primary N) is 3. The number of benzene rings is 1. The van der Waals surface area contributed by atoms with E-state index in [1.807, 2.05) is 6.07 Å². The van der Waals surface area contributed by atoms with Crippen LogP contribution in [0.5, 0.6) is 0 Å². The molecular formula is C22H25N7O3S. The number of nitrogen functional groups attached to an aromatic ring is 1. The lowest BCUT2D eigenvalue weighted by Gasteiger charge is -2.33. The van der Waals surface area contributed by atoms with Crippen LogP contribution >= 0.6 is 0 Å². The summed E-state index contributed by atoms with van der Waals surface area (Å²) >= 11 is 0. The number of nitrogens with zero attached hydrogens (tertiary/aromatic N) is 3. The van der Waals surface area contributed by atoms with Gasteiger partial charge in [-0.2, -0.15) is 0 Å². The van der Waals surface area contributed by atoms with E-state index < -0.39 is 15.9 Å². The van der Waals surface area contributed by atoms with Gasteiger partial charge in [0.15, 0.2) is 5.69 Å². The Morgan fingerprint density at radius 2 is 1.88 bits per heavy atom. The predicted molar refractivity (Wildman–Crippen MR) is 127 cm³/mol. The molecule has 172 valence electrons. The van der Waals surface area contributed by atoms with E-state index in [0.717, 1.165) is 25.1 Å². The summed E-state index contributed by atoms with van der Waals surface area (Å²) in [6.07, 6.45) is 5.19. The van der Waals surface area contributed by atoms with Gasteiger partial charge in [-0.25, -0.2) is 18.5 Å². The summed E-state index contributed by atoms with van der Waals surface area (Å²) in [6.45, 7) is 1.53. The zero-order valence-electron chi connectivity index (χ0n) is 17.8. The van der Waals surface area contributed by atoms with Gasteiger partial charge in [-0.05, 0) is 43.2 Å². The molecule has 1 aromatic carbocycles. The molecule has 7 N–H and O–H groups in total. The van der Waals surface area contributed by atoms with Crippen molar-refractivity contribution in [2.75, 3.05) is 29.0 Å². The van der Waals surface area contributed by atoms with Gasteiger partial charge in [0.2, 0.25) is 10.0 Å². The fourth-order valence-corrected chi connectivity index (χ4v) is 4.31. The van der Waals surface area contributed by atoms with Gasteiger partial charge in [0.25, 0.3) is 5.91 Å². The van der Waals surface area contributed by atoms with Gasteiger partial charge in [-0.1, -0.05) is 12.1 Å². The first-order valence-electron chi connectivity index (χ1n) is 10.4. The van der Waals surface area contributed by atoms with E-state index in [1.54, 1.807) is 36.7 Å². The number of piperidine rings is 1. The fourth-order valence-electron chi connectivity index (χ4n) is 3.80. The molecule has 1 unspecified atom stereocenters. The quantitative estimate of drug-likeness (QED) is 0.438. The van der Waals surface area contributed by atoms with Crippen molar-refractivity contribution in [1.82, 2.24) is 9.97 Å². The lowest BCUT2D eigenvalue weighted by atomic mass is 10.1. The number of carbonyl (C=O) groups is 1. The summed E-state index contributed by atoms with van der Waals surface area (Å²) in [5.74, 6) is -0.480. The molecular weight excluding hydrogens is 442 g/mol. The number of carbonyl (C=O) groups excluding carboxylic acids is 1. The maximum absolute atomic E-state index is 13.1. The molecule has 1 fully saturated rings. The van der Waals surface area contributed by atoms with Gasteiger partial charge in [-0.3, -0.25) is 9.78 Å². The van der Waals surface area contributed by atoms with Crippen LogP contribution in [0.3, 0.4) is 0 Å². The van der Waals surface area contributed by atoms with Crippen LogP contribution < -0.4 is 26.8 Å². The Bertz CT molecular complexity index is 1280. The molecule has 1 amide bonds. The van der Waals surface area contributed by atoms with E-state index in [9.17, 15) is 13.2 Å². The number of rotatable bonds is 5. The molecule has 10 nitrogen and oxygen atoms in total. The standard InChI is InChI=1S/C22H25N7O3S/c23-15-2-1-11-29(13-15)20-9-10-26-12-19(20)28-22(30)21-17(24)7-8-18(27-21)14-3-5-16(6-4-14)33(25,31)32/h3-10,12,15H,1-2,11,13,23-24H2,(H,28,30)(H2,25,31,32). The minimum Gasteiger partial charge on any atom is -0.397 e. The highest BCUT2D eigenvalue weighted by Gasteiger charge is 2.21. The van der Waals surface area contributed by atoms with Crippen LogP contribution in [-0.4, -0.2) is 43.4 Å². The number of aromatic nitrogens is 2. The van der Waals surface area contributed by atoms with Gasteiger partial charge in [0.05, 0.1) is 33.8 Å². The molecule has 3 heterocycles. The zero-order chi connectivity index (χ0) is 23.6. The van der Waals surface area contributed by atoms with Crippen molar-refractivity contribution >= 4 is 33.0 Å². The van der Waals surface area contributed by atoms with Crippen molar-refractivity contribution in [3.8, 4) is 11.3 Å². The Labute approximate surface area is 191 Å². The van der Waals surface area contributed by atoms with Gasteiger partial charge in [0, 0.05) is 30.9 Å². The van der Waals surface area contributed by atoms with Crippen molar-refractivity contribution in [2.45, 2.75) is 23.8 Å². The van der Waals surface area contributed by atoms with Crippen LogP contribution in [-0.2, 0) is 10.0 Å². The molecule has 1 saturated heterocycles. The fraction of sp³-hybridized carbons (Fsp3) is 0.227. The lowest BCUT2D eigenvalue weighted by Crippen LogP contribution is -2.43. The third-order valence-corrected chi connectivity index (χ3v) is 6.39. The third kappa shape index (κ3) is 5.11. The Balaban J connectivity index is 1.60. The van der Waals surface area contributed by atoms with Crippen LogP contribution in [0.15, 0.2) is 59.8 Å². The average Bonchev–Trinajstić information content (AvgIpc) is 2.79. The number of primary sulfonamides is 1. The van der Waals surface area contributed by atoms with Crippen molar-refractivity contribution in [3.63, 3.8) is 0 Å². The summed E-state index contributed by atoms with van der Waals surface area (Å²) in [4.78, 5) is 23.8. The number of sulfonamides is 1. The second-order valence-corrected chi connectivity index (χ2v) is 9.46. The Morgan fingerprint density at radius 1 is 1.12 bits per heavy atom. The molecule has 0 aliphatic carbocycles. The summed E-state index contributed by atoms with van der Waals surface area (Å²) in [5.41, 5.74) is 14.9. The van der Waals surface area contributed by atoms with E-state index in [4.69, 9.17) is 16.6 Å². The molecule has 0 spiro atoms. The van der Waals surface area contributed by atoms with E-state index in [2.05, 4.69) is 20.2 Å². The normalized spacial score (nSPS) is 16.4. The van der Waals surface area contributed by atoms with Gasteiger partial charge >= 0.3 is 0 Å². The molecule has 11 heteroatoms. The minimum atomic E-state index is -3.80. The molecule has 1 aliphatic rings. The summed E-state index contributed by atoms with van der Waals surface area (Å²) in [6, 6.07) is 11.1. The first-order chi connectivity index (χ1) is 15.7. The molecule has 4 rings (SSSR count). The summed E-state index contributed by atoms with van der Waals surface area (Å²) in [7, 11) is -3.80. The molecule has 33 heavy (non-hydrogen) atoms. The van der Waals surface area contributed by atoms with Crippen LogP contribution in [0.2, 0.25) is 0 Å². The number of nitrogens with one attached hydrogen (secondary N) is 1. The smallest absolute Gasteiger partial charge is 0.276 e. The van der Waals surface area contributed by atoms with E-state index in [-0.39, 0.29) is 22.3 Å². The van der Waals surface area contributed by atoms with Crippen LogP contribution in [0.1, 0.15) is 23.3 Å². The molecule has 0 radical (unpaired) electrons. The van der Waals surface area contributed by atoms with Crippen molar-refractivity contribution in [3.05, 3.63) is 60.6 Å². The van der Waals surface area contributed by atoms with E-state index in [0.29, 0.717) is 23.5 Å². The Morgan fingerprint density at radius 3 is 2.58 bits per heavy atom. The molecule has 1 atom stereocenters. The van der Waals surface area contributed by atoms with Gasteiger partial charge in [0.1, 0.15) is 0 Å². The molecule has 2 aromatic heterocycles. The highest BCUT2D eigenvalue weighted by atomic mass is 32.2. The monoisotopic (exact) mass is 467 g/mol. The lowest BCUT2D eigenvalue weighted by molar-refractivity contribution is 0.102. The molecule has 0 bridgehead atoms. The van der Waals surface area contributed by atoms with Gasteiger partial charge in [-0.15, -0.1) is 0 Å².